The molecule has 1 aliphatic rings. The lowest BCUT2D eigenvalue weighted by molar-refractivity contribution is -0.115. The first kappa shape index (κ1) is 18.9. The maximum Gasteiger partial charge on any atom is 0.164 e. The van der Waals surface area contributed by atoms with Crippen LogP contribution >= 0.6 is 0 Å². The number of hydrogen-bond donors (Lipinski definition) is 3. The quantitative estimate of drug-likeness (QED) is 0.629. The number of aromatic nitrogens is 3. The van der Waals surface area contributed by atoms with Crippen LogP contribution < -0.4 is 0 Å². The first-order valence-corrected chi connectivity index (χ1v) is 8.68. The summed E-state index contributed by atoms with van der Waals surface area (Å²) >= 11 is 0. The SMILES string of the molecule is Cc1ncnc2c1ccn2[C@@H]1O[C@H]([C@@H](O)c2cc(F)cc(F)c2)[C@@](C)(O)[C@H]1O. The standard InChI is InChI=1S/C19H19F2N3O4/c1-9-13-3-4-24(17(13)23-8-22-9)18-15(26)19(2,27)16(28-18)14(25)10-5-11(20)7-12(21)6-10/h3-8,14-16,18,25-27H,1-2H3/t14-,15-,16+,18+,19-/m0/s1. The highest BCUT2D eigenvalue weighted by Crippen LogP contribution is 2.43. The van der Waals surface area contributed by atoms with Gasteiger partial charge in [-0.05, 0) is 37.6 Å². The van der Waals surface area contributed by atoms with E-state index in [1.165, 1.54) is 17.8 Å². The zero-order chi connectivity index (χ0) is 20.2. The number of aliphatic hydroxyl groups is 3. The third-order valence-electron chi connectivity index (χ3n) is 5.23. The summed E-state index contributed by atoms with van der Waals surface area (Å²) in [5.41, 5.74) is -0.786. The predicted molar refractivity (Wildman–Crippen MR) is 94.1 cm³/mol. The van der Waals surface area contributed by atoms with Crippen LogP contribution in [0.25, 0.3) is 11.0 Å². The van der Waals surface area contributed by atoms with Gasteiger partial charge in [0.1, 0.15) is 47.5 Å². The van der Waals surface area contributed by atoms with E-state index in [0.29, 0.717) is 11.7 Å². The van der Waals surface area contributed by atoms with Crippen molar-refractivity contribution in [1.29, 1.82) is 0 Å². The molecule has 1 aromatic carbocycles. The van der Waals surface area contributed by atoms with E-state index in [1.807, 2.05) is 6.92 Å². The van der Waals surface area contributed by atoms with Crippen molar-refractivity contribution in [2.24, 2.45) is 0 Å². The second-order valence-corrected chi connectivity index (χ2v) is 7.18. The van der Waals surface area contributed by atoms with Gasteiger partial charge in [-0.1, -0.05) is 0 Å². The Morgan fingerprint density at radius 1 is 1.21 bits per heavy atom. The smallest absolute Gasteiger partial charge is 0.164 e. The van der Waals surface area contributed by atoms with Gasteiger partial charge in [-0.3, -0.25) is 0 Å². The highest BCUT2D eigenvalue weighted by Gasteiger charge is 2.55. The van der Waals surface area contributed by atoms with E-state index in [2.05, 4.69) is 9.97 Å². The topological polar surface area (TPSA) is 101 Å². The van der Waals surface area contributed by atoms with Crippen LogP contribution in [0.1, 0.15) is 30.5 Å². The lowest BCUT2D eigenvalue weighted by Gasteiger charge is -2.29. The minimum atomic E-state index is -1.90. The van der Waals surface area contributed by atoms with Crippen molar-refractivity contribution in [3.05, 3.63) is 59.7 Å². The molecule has 28 heavy (non-hydrogen) atoms. The first-order valence-electron chi connectivity index (χ1n) is 8.68. The van der Waals surface area contributed by atoms with E-state index in [9.17, 15) is 24.1 Å². The van der Waals surface area contributed by atoms with Gasteiger partial charge in [0, 0.05) is 17.6 Å². The fourth-order valence-electron chi connectivity index (χ4n) is 3.65. The van der Waals surface area contributed by atoms with Crippen LogP contribution in [0.5, 0.6) is 0 Å². The molecule has 5 atom stereocenters. The Morgan fingerprint density at radius 2 is 1.89 bits per heavy atom. The molecule has 0 unspecified atom stereocenters. The van der Waals surface area contributed by atoms with Crippen LogP contribution in [0, 0.1) is 18.6 Å². The minimum absolute atomic E-state index is 0.105. The lowest BCUT2D eigenvalue weighted by atomic mass is 9.88. The molecule has 148 valence electrons. The summed E-state index contributed by atoms with van der Waals surface area (Å²) in [6, 6.07) is 4.33. The Kier molecular flexibility index (Phi) is 4.42. The summed E-state index contributed by atoms with van der Waals surface area (Å²) < 4.78 is 34.4. The van der Waals surface area contributed by atoms with Gasteiger partial charge in [-0.15, -0.1) is 0 Å². The van der Waals surface area contributed by atoms with Crippen molar-refractivity contribution in [2.45, 2.75) is 44.0 Å². The first-order chi connectivity index (χ1) is 13.2. The molecule has 0 saturated carbocycles. The van der Waals surface area contributed by atoms with Gasteiger partial charge in [-0.2, -0.15) is 0 Å². The monoisotopic (exact) mass is 391 g/mol. The van der Waals surface area contributed by atoms with Gasteiger partial charge in [0.25, 0.3) is 0 Å². The zero-order valence-corrected chi connectivity index (χ0v) is 15.1. The molecule has 0 amide bonds. The van der Waals surface area contributed by atoms with Crippen molar-refractivity contribution in [3.63, 3.8) is 0 Å². The lowest BCUT2D eigenvalue weighted by Crippen LogP contribution is -2.47. The van der Waals surface area contributed by atoms with Crippen molar-refractivity contribution >= 4 is 11.0 Å². The van der Waals surface area contributed by atoms with Gasteiger partial charge in [0.05, 0.1) is 5.69 Å². The van der Waals surface area contributed by atoms with Crippen LogP contribution in [-0.4, -0.2) is 47.7 Å². The van der Waals surface area contributed by atoms with Crippen LogP contribution in [0.4, 0.5) is 8.78 Å². The Hall–Kier alpha value is -2.46. The molecule has 0 radical (unpaired) electrons. The zero-order valence-electron chi connectivity index (χ0n) is 15.1. The average molecular weight is 391 g/mol. The summed E-state index contributed by atoms with van der Waals surface area (Å²) in [4.78, 5) is 8.30. The highest BCUT2D eigenvalue weighted by atomic mass is 19.1. The molecular formula is C19H19F2N3O4. The van der Waals surface area contributed by atoms with Crippen molar-refractivity contribution < 1.29 is 28.8 Å². The average Bonchev–Trinajstić information content (AvgIpc) is 3.14. The third kappa shape index (κ3) is 2.87. The Bertz CT molecular complexity index is 1020. The maximum atomic E-state index is 13.5. The largest absolute Gasteiger partial charge is 0.386 e. The van der Waals surface area contributed by atoms with E-state index in [0.717, 1.165) is 23.2 Å². The predicted octanol–water partition coefficient (Wildman–Crippen LogP) is 1.76. The van der Waals surface area contributed by atoms with Gasteiger partial charge in [0.15, 0.2) is 6.23 Å². The van der Waals surface area contributed by atoms with Crippen molar-refractivity contribution in [1.82, 2.24) is 14.5 Å². The molecule has 1 fully saturated rings. The second kappa shape index (κ2) is 6.56. The molecule has 3 aromatic rings. The van der Waals surface area contributed by atoms with Gasteiger partial charge >= 0.3 is 0 Å². The molecule has 0 spiro atoms. The van der Waals surface area contributed by atoms with Crippen molar-refractivity contribution in [3.8, 4) is 0 Å². The van der Waals surface area contributed by atoms with Gasteiger partial charge in [-0.25, -0.2) is 18.7 Å². The normalized spacial score (nSPS) is 28.8. The summed E-state index contributed by atoms with van der Waals surface area (Å²) in [5.74, 6) is -1.74. The van der Waals surface area contributed by atoms with E-state index in [4.69, 9.17) is 4.74 Å². The van der Waals surface area contributed by atoms with Crippen LogP contribution in [0.3, 0.4) is 0 Å². The van der Waals surface area contributed by atoms with Crippen LogP contribution in [-0.2, 0) is 4.74 Å². The Morgan fingerprint density at radius 3 is 2.57 bits per heavy atom. The van der Waals surface area contributed by atoms with Crippen molar-refractivity contribution in [2.75, 3.05) is 0 Å². The molecule has 0 aliphatic carbocycles. The second-order valence-electron chi connectivity index (χ2n) is 7.18. The third-order valence-corrected chi connectivity index (χ3v) is 5.23. The summed E-state index contributed by atoms with van der Waals surface area (Å²) in [7, 11) is 0. The number of aliphatic hydroxyl groups excluding tert-OH is 2. The number of rotatable bonds is 3. The number of halogens is 2. The molecule has 4 rings (SSSR count). The van der Waals surface area contributed by atoms with E-state index >= 15 is 0 Å². The molecule has 3 heterocycles. The molecule has 2 aromatic heterocycles. The fraction of sp³-hybridized carbons (Fsp3) is 0.368. The number of ether oxygens (including phenoxy) is 1. The Balaban J connectivity index is 1.72. The summed E-state index contributed by atoms with van der Waals surface area (Å²) in [5, 5.41) is 32.9. The van der Waals surface area contributed by atoms with E-state index < -0.39 is 41.8 Å². The molecule has 9 heteroatoms. The number of benzene rings is 1. The summed E-state index contributed by atoms with van der Waals surface area (Å²) in [6.07, 6.45) is -2.41. The molecule has 3 N–H and O–H groups in total. The number of fused-ring (bicyclic) bond motifs is 1. The van der Waals surface area contributed by atoms with E-state index in [1.54, 1.807) is 12.3 Å². The summed E-state index contributed by atoms with van der Waals surface area (Å²) in [6.45, 7) is 3.11. The molecule has 1 saturated heterocycles. The molecule has 7 nitrogen and oxygen atoms in total. The number of aryl methyl sites for hydroxylation is 1. The number of nitrogens with zero attached hydrogens (tertiary/aromatic N) is 3. The maximum absolute atomic E-state index is 13.5. The van der Waals surface area contributed by atoms with E-state index in [-0.39, 0.29) is 5.56 Å². The fourth-order valence-corrected chi connectivity index (χ4v) is 3.65. The van der Waals surface area contributed by atoms with Crippen LogP contribution in [0.2, 0.25) is 0 Å². The van der Waals surface area contributed by atoms with Gasteiger partial charge in [0.2, 0.25) is 0 Å². The Labute approximate surface area is 158 Å². The number of hydrogen-bond acceptors (Lipinski definition) is 6. The molecule has 0 bridgehead atoms. The molecule has 1 aliphatic heterocycles. The highest BCUT2D eigenvalue weighted by molar-refractivity contribution is 5.78. The minimum Gasteiger partial charge on any atom is -0.386 e. The van der Waals surface area contributed by atoms with Gasteiger partial charge < -0.3 is 24.6 Å². The van der Waals surface area contributed by atoms with Crippen LogP contribution in [0.15, 0.2) is 36.8 Å². The molecular weight excluding hydrogens is 372 g/mol.